The molecule has 1 aliphatic heterocycles. The maximum absolute atomic E-state index is 13.8. The van der Waals surface area contributed by atoms with Gasteiger partial charge in [0.2, 0.25) is 11.8 Å². The van der Waals surface area contributed by atoms with Crippen molar-refractivity contribution < 1.29 is 0 Å². The summed E-state index contributed by atoms with van der Waals surface area (Å²) >= 11 is 0. The van der Waals surface area contributed by atoms with Gasteiger partial charge in [0.1, 0.15) is 6.33 Å². The number of hydrogen-bond acceptors (Lipinski definition) is 7. The number of benzene rings is 1. The van der Waals surface area contributed by atoms with Gasteiger partial charge in [0, 0.05) is 30.5 Å². The second-order valence-electron chi connectivity index (χ2n) is 8.98. The molecule has 0 radical (unpaired) electrons. The Morgan fingerprint density at radius 2 is 1.94 bits per heavy atom. The van der Waals surface area contributed by atoms with E-state index in [1.165, 1.54) is 0 Å². The number of aromatic amines is 1. The zero-order valence-electron chi connectivity index (χ0n) is 20.5. The van der Waals surface area contributed by atoms with Crippen LogP contribution in [0.25, 0.3) is 17.3 Å². The molecule has 0 bridgehead atoms. The molecule has 4 heterocycles. The van der Waals surface area contributed by atoms with Crippen molar-refractivity contribution in [3.05, 3.63) is 83.1 Å². The van der Waals surface area contributed by atoms with Crippen molar-refractivity contribution in [2.45, 2.75) is 58.0 Å². The van der Waals surface area contributed by atoms with E-state index in [0.717, 1.165) is 49.0 Å². The van der Waals surface area contributed by atoms with Gasteiger partial charge in [-0.15, -0.1) is 20.4 Å². The zero-order chi connectivity index (χ0) is 25.0. The second-order valence-corrected chi connectivity index (χ2v) is 8.98. The van der Waals surface area contributed by atoms with Gasteiger partial charge in [0.15, 0.2) is 0 Å². The minimum absolute atomic E-state index is 0.127. The normalized spacial score (nSPS) is 14.3. The SMILES string of the molecule is CCCCn1cnnc1-n1cc(CCC)n(CC2(c3cccc(-c4nn[nH]n4)c3)C=CNC=C2)c1=O. The summed E-state index contributed by atoms with van der Waals surface area (Å²) in [6.07, 6.45) is 15.3. The maximum Gasteiger partial charge on any atom is 0.335 e. The Morgan fingerprint density at radius 3 is 2.69 bits per heavy atom. The molecule has 0 unspecified atom stereocenters. The average molecular weight is 487 g/mol. The molecule has 1 aromatic carbocycles. The number of dihydropyridines is 1. The average Bonchev–Trinajstić information content (AvgIpc) is 3.66. The fourth-order valence-electron chi connectivity index (χ4n) is 4.60. The van der Waals surface area contributed by atoms with E-state index in [1.54, 1.807) is 10.9 Å². The van der Waals surface area contributed by atoms with E-state index in [0.29, 0.717) is 18.3 Å². The van der Waals surface area contributed by atoms with Crippen molar-refractivity contribution in [1.29, 1.82) is 0 Å². The van der Waals surface area contributed by atoms with Gasteiger partial charge < -0.3 is 5.32 Å². The van der Waals surface area contributed by atoms with Gasteiger partial charge >= 0.3 is 5.69 Å². The fourth-order valence-corrected chi connectivity index (χ4v) is 4.60. The summed E-state index contributed by atoms with van der Waals surface area (Å²) in [7, 11) is 0. The van der Waals surface area contributed by atoms with Crippen LogP contribution >= 0.6 is 0 Å². The largest absolute Gasteiger partial charge is 0.368 e. The molecule has 186 valence electrons. The van der Waals surface area contributed by atoms with Gasteiger partial charge in [-0.25, -0.2) is 9.36 Å². The topological polar surface area (TPSA) is 124 Å². The molecule has 0 amide bonds. The smallest absolute Gasteiger partial charge is 0.335 e. The Morgan fingerprint density at radius 1 is 1.08 bits per heavy atom. The summed E-state index contributed by atoms with van der Waals surface area (Å²) in [5.74, 6) is 1.07. The van der Waals surface area contributed by atoms with Crippen molar-refractivity contribution >= 4 is 0 Å². The van der Waals surface area contributed by atoms with Crippen molar-refractivity contribution in [2.75, 3.05) is 0 Å². The number of nitrogens with zero attached hydrogens (tertiary/aromatic N) is 8. The Balaban J connectivity index is 1.59. The minimum Gasteiger partial charge on any atom is -0.368 e. The highest BCUT2D eigenvalue weighted by molar-refractivity contribution is 5.57. The van der Waals surface area contributed by atoms with Gasteiger partial charge in [-0.1, -0.05) is 57.0 Å². The van der Waals surface area contributed by atoms with E-state index in [4.69, 9.17) is 0 Å². The lowest BCUT2D eigenvalue weighted by atomic mass is 9.78. The molecule has 0 saturated carbocycles. The molecule has 0 atom stereocenters. The molecule has 0 saturated heterocycles. The van der Waals surface area contributed by atoms with Crippen LogP contribution in [-0.4, -0.2) is 44.5 Å². The molecule has 1 aliphatic rings. The van der Waals surface area contributed by atoms with Crippen LogP contribution in [0.5, 0.6) is 0 Å². The number of imidazole rings is 1. The van der Waals surface area contributed by atoms with E-state index in [1.807, 2.05) is 45.9 Å². The Hall–Kier alpha value is -4.28. The molecular weight excluding hydrogens is 456 g/mol. The van der Waals surface area contributed by atoms with Gasteiger partial charge in [-0.2, -0.15) is 5.21 Å². The first-order chi connectivity index (χ1) is 17.6. The number of H-pyrrole nitrogens is 1. The van der Waals surface area contributed by atoms with Crippen molar-refractivity contribution in [2.24, 2.45) is 0 Å². The third-order valence-corrected chi connectivity index (χ3v) is 6.51. The van der Waals surface area contributed by atoms with Gasteiger partial charge in [-0.3, -0.25) is 9.13 Å². The monoisotopic (exact) mass is 486 g/mol. The van der Waals surface area contributed by atoms with Crippen molar-refractivity contribution in [3.63, 3.8) is 0 Å². The van der Waals surface area contributed by atoms with E-state index in [-0.39, 0.29) is 5.69 Å². The Kier molecular flexibility index (Phi) is 6.61. The molecule has 5 rings (SSSR count). The van der Waals surface area contributed by atoms with Crippen LogP contribution in [0.15, 0.2) is 66.1 Å². The summed E-state index contributed by atoms with van der Waals surface area (Å²) in [4.78, 5) is 13.8. The van der Waals surface area contributed by atoms with Crippen molar-refractivity contribution in [3.8, 4) is 17.3 Å². The fraction of sp³-hybridized carbons (Fsp3) is 0.360. The van der Waals surface area contributed by atoms with Gasteiger partial charge in [0.05, 0.1) is 5.41 Å². The number of aromatic nitrogens is 9. The molecule has 11 heteroatoms. The number of nitrogens with one attached hydrogen (secondary N) is 2. The summed E-state index contributed by atoms with van der Waals surface area (Å²) in [5.41, 5.74) is 2.15. The first-order valence-electron chi connectivity index (χ1n) is 12.3. The van der Waals surface area contributed by atoms with Crippen LogP contribution in [0, 0.1) is 0 Å². The highest BCUT2D eigenvalue weighted by Crippen LogP contribution is 2.33. The summed E-state index contributed by atoms with van der Waals surface area (Å²) in [6.45, 7) is 5.45. The lowest BCUT2D eigenvalue weighted by molar-refractivity contribution is 0.496. The molecule has 2 N–H and O–H groups in total. The number of tetrazole rings is 1. The Labute approximate surface area is 208 Å². The molecule has 0 spiro atoms. The number of rotatable bonds is 10. The molecule has 3 aromatic heterocycles. The van der Waals surface area contributed by atoms with Crippen LogP contribution in [-0.2, 0) is 24.9 Å². The maximum atomic E-state index is 13.8. The number of aryl methyl sites for hydroxylation is 2. The molecule has 0 aliphatic carbocycles. The highest BCUT2D eigenvalue weighted by Gasteiger charge is 2.31. The molecule has 11 nitrogen and oxygen atoms in total. The highest BCUT2D eigenvalue weighted by atomic mass is 16.2. The predicted molar refractivity (Wildman–Crippen MR) is 135 cm³/mol. The number of hydrogen-bond donors (Lipinski definition) is 2. The van der Waals surface area contributed by atoms with Crippen LogP contribution in [0.3, 0.4) is 0 Å². The summed E-state index contributed by atoms with van der Waals surface area (Å²) in [6, 6.07) is 8.04. The van der Waals surface area contributed by atoms with Crippen LogP contribution in [0.4, 0.5) is 0 Å². The zero-order valence-corrected chi connectivity index (χ0v) is 20.5. The van der Waals surface area contributed by atoms with E-state index >= 15 is 0 Å². The Bertz CT molecular complexity index is 1410. The van der Waals surface area contributed by atoms with E-state index < -0.39 is 5.41 Å². The summed E-state index contributed by atoms with van der Waals surface area (Å²) < 4.78 is 5.44. The van der Waals surface area contributed by atoms with Crippen LogP contribution in [0.1, 0.15) is 44.4 Å². The third-order valence-electron chi connectivity index (χ3n) is 6.51. The number of allylic oxidation sites excluding steroid dienone is 2. The van der Waals surface area contributed by atoms with E-state index in [2.05, 4.69) is 68.2 Å². The van der Waals surface area contributed by atoms with Crippen LogP contribution in [0.2, 0.25) is 0 Å². The standard InChI is InChI=1S/C25H30N10O/c1-3-5-14-33-18-27-30-23(33)34-16-21(7-4-2)35(24(34)36)17-25(10-12-26-13-11-25)20-9-6-8-19(15-20)22-28-31-32-29-22/h6,8-13,15-16,18,26H,3-5,7,14,17H2,1-2H3,(H,28,29,31,32). The third kappa shape index (κ3) is 4.39. The molecule has 36 heavy (non-hydrogen) atoms. The second kappa shape index (κ2) is 10.1. The number of unbranched alkanes of at least 4 members (excludes halogenated alkanes) is 1. The van der Waals surface area contributed by atoms with Crippen LogP contribution < -0.4 is 11.0 Å². The lowest BCUT2D eigenvalue weighted by Gasteiger charge is -2.31. The van der Waals surface area contributed by atoms with E-state index in [9.17, 15) is 4.79 Å². The summed E-state index contributed by atoms with van der Waals surface area (Å²) in [5, 5.41) is 25.9. The molecular formula is C25H30N10O. The van der Waals surface area contributed by atoms with Gasteiger partial charge in [0.25, 0.3) is 0 Å². The minimum atomic E-state index is -0.556. The van der Waals surface area contributed by atoms with Crippen molar-refractivity contribution in [1.82, 2.24) is 49.8 Å². The lowest BCUT2D eigenvalue weighted by Crippen LogP contribution is -2.36. The molecule has 0 fully saturated rings. The van der Waals surface area contributed by atoms with Gasteiger partial charge in [-0.05, 0) is 42.1 Å². The molecule has 4 aromatic rings. The first kappa shape index (κ1) is 23.5. The predicted octanol–water partition coefficient (Wildman–Crippen LogP) is 2.73. The quantitative estimate of drug-likeness (QED) is 0.353. The first-order valence-corrected chi connectivity index (χ1v) is 12.3.